The highest BCUT2D eigenvalue weighted by Gasteiger charge is 2.24. The molecule has 1 atom stereocenters. The monoisotopic (exact) mass is 349 g/mol. The zero-order valence-electron chi connectivity index (χ0n) is 14.3. The Kier molecular flexibility index (Phi) is 5.01. The predicted octanol–water partition coefficient (Wildman–Crippen LogP) is 3.06. The van der Waals surface area contributed by atoms with Crippen LogP contribution in [0.1, 0.15) is 46.7 Å². The number of nitrogens with zero attached hydrogens (tertiary/aromatic N) is 2. The van der Waals surface area contributed by atoms with Crippen molar-refractivity contribution >= 4 is 33.3 Å². The van der Waals surface area contributed by atoms with Gasteiger partial charge in [-0.3, -0.25) is 0 Å². The Morgan fingerprint density at radius 1 is 1.38 bits per heavy atom. The second-order valence-corrected chi connectivity index (χ2v) is 7.34. The first-order valence-corrected chi connectivity index (χ1v) is 9.11. The first kappa shape index (κ1) is 17.1. The normalized spacial score (nSPS) is 16.5. The van der Waals surface area contributed by atoms with Crippen LogP contribution in [0.4, 0.5) is 5.82 Å². The Labute approximate surface area is 145 Å². The molecule has 130 valence electrons. The summed E-state index contributed by atoms with van der Waals surface area (Å²) in [6, 6.07) is 0. The van der Waals surface area contributed by atoms with Crippen LogP contribution >= 0.6 is 11.3 Å². The van der Waals surface area contributed by atoms with Gasteiger partial charge in [-0.25, -0.2) is 14.8 Å². The van der Waals surface area contributed by atoms with E-state index in [-0.39, 0.29) is 12.1 Å². The van der Waals surface area contributed by atoms with Crippen LogP contribution in [0, 0.1) is 19.8 Å². The van der Waals surface area contributed by atoms with Crippen LogP contribution in [0.25, 0.3) is 10.2 Å². The number of nitrogens with one attached hydrogen (secondary N) is 1. The van der Waals surface area contributed by atoms with Gasteiger partial charge in [0.15, 0.2) is 0 Å². The van der Waals surface area contributed by atoms with Gasteiger partial charge in [-0.15, -0.1) is 11.3 Å². The van der Waals surface area contributed by atoms with Crippen molar-refractivity contribution in [3.63, 3.8) is 0 Å². The van der Waals surface area contributed by atoms with Crippen LogP contribution < -0.4 is 5.32 Å². The van der Waals surface area contributed by atoms with E-state index in [1.54, 1.807) is 0 Å². The van der Waals surface area contributed by atoms with Crippen LogP contribution in [-0.4, -0.2) is 40.8 Å². The number of carbonyl (C=O) groups excluding carboxylic acids is 1. The zero-order chi connectivity index (χ0) is 17.3. The van der Waals surface area contributed by atoms with E-state index in [2.05, 4.69) is 15.3 Å². The number of carbonyl (C=O) groups is 1. The summed E-state index contributed by atoms with van der Waals surface area (Å²) < 4.78 is 4.85. The van der Waals surface area contributed by atoms with Gasteiger partial charge in [0.1, 0.15) is 21.3 Å². The minimum Gasteiger partial charge on any atom is -0.465 e. The maximum atomic E-state index is 11.9. The molecule has 0 radical (unpaired) electrons. The zero-order valence-corrected chi connectivity index (χ0v) is 15.1. The van der Waals surface area contributed by atoms with Crippen LogP contribution in [0.3, 0.4) is 0 Å². The SMILES string of the molecule is COC(=O)c1sc2nc(C)nc(NCC(O)C3CCCC3)c2c1C. The molecule has 0 aromatic carbocycles. The maximum Gasteiger partial charge on any atom is 0.348 e. The third kappa shape index (κ3) is 3.23. The first-order chi connectivity index (χ1) is 11.5. The van der Waals surface area contributed by atoms with E-state index in [1.165, 1.54) is 31.3 Å². The van der Waals surface area contributed by atoms with Crippen molar-refractivity contribution < 1.29 is 14.6 Å². The number of aromatic nitrogens is 2. The minimum atomic E-state index is -0.378. The molecule has 0 saturated heterocycles. The topological polar surface area (TPSA) is 84.3 Å². The highest BCUT2D eigenvalue weighted by Crippen LogP contribution is 2.34. The number of rotatable bonds is 5. The molecular weight excluding hydrogens is 326 g/mol. The molecule has 0 amide bonds. The number of aryl methyl sites for hydroxylation is 2. The second-order valence-electron chi connectivity index (χ2n) is 6.34. The van der Waals surface area contributed by atoms with E-state index in [1.807, 2.05) is 13.8 Å². The van der Waals surface area contributed by atoms with Crippen LogP contribution in [-0.2, 0) is 4.74 Å². The minimum absolute atomic E-state index is 0.356. The third-order valence-electron chi connectivity index (χ3n) is 4.70. The third-order valence-corrected chi connectivity index (χ3v) is 5.86. The summed E-state index contributed by atoms with van der Waals surface area (Å²) in [5.41, 5.74) is 0.819. The average Bonchev–Trinajstić information content (AvgIpc) is 3.20. The number of methoxy groups -OCH3 is 1. The molecule has 0 aliphatic heterocycles. The van der Waals surface area contributed by atoms with Gasteiger partial charge in [0.25, 0.3) is 0 Å². The second kappa shape index (κ2) is 7.03. The van der Waals surface area contributed by atoms with Gasteiger partial charge in [0, 0.05) is 6.54 Å². The highest BCUT2D eigenvalue weighted by molar-refractivity contribution is 7.20. The number of ether oxygens (including phenoxy) is 1. The molecule has 1 saturated carbocycles. The molecule has 6 nitrogen and oxygen atoms in total. The Balaban J connectivity index is 1.89. The van der Waals surface area contributed by atoms with Crippen molar-refractivity contribution in [2.45, 2.75) is 45.6 Å². The van der Waals surface area contributed by atoms with Crippen LogP contribution in [0.15, 0.2) is 0 Å². The van der Waals surface area contributed by atoms with Crippen LogP contribution in [0.5, 0.6) is 0 Å². The number of hydrogen-bond donors (Lipinski definition) is 2. The molecule has 2 aromatic heterocycles. The van der Waals surface area contributed by atoms with Crippen molar-refractivity contribution in [1.29, 1.82) is 0 Å². The van der Waals surface area contributed by atoms with Gasteiger partial charge in [0.05, 0.1) is 18.6 Å². The first-order valence-electron chi connectivity index (χ1n) is 8.29. The number of anilines is 1. The van der Waals surface area contributed by atoms with E-state index in [4.69, 9.17) is 4.74 Å². The molecule has 1 unspecified atom stereocenters. The molecule has 0 spiro atoms. The number of esters is 1. The van der Waals surface area contributed by atoms with Gasteiger partial charge < -0.3 is 15.2 Å². The standard InChI is InChI=1S/C17H23N3O3S/c1-9-13-15(18-8-12(21)11-6-4-5-7-11)19-10(2)20-16(13)24-14(9)17(22)23-3/h11-12,21H,4-8H2,1-3H3,(H,18,19,20). The Morgan fingerprint density at radius 2 is 2.08 bits per heavy atom. The summed E-state index contributed by atoms with van der Waals surface area (Å²) >= 11 is 1.32. The van der Waals surface area contributed by atoms with Gasteiger partial charge in [-0.1, -0.05) is 12.8 Å². The Morgan fingerprint density at radius 3 is 2.75 bits per heavy atom. The quantitative estimate of drug-likeness (QED) is 0.807. The number of thiophene rings is 1. The van der Waals surface area contributed by atoms with Crippen molar-refractivity contribution in [2.75, 3.05) is 19.0 Å². The lowest BCUT2D eigenvalue weighted by atomic mass is 10.0. The molecule has 1 aliphatic rings. The van der Waals surface area contributed by atoms with E-state index in [0.29, 0.717) is 29.0 Å². The smallest absolute Gasteiger partial charge is 0.348 e. The lowest BCUT2D eigenvalue weighted by Gasteiger charge is -2.18. The maximum absolute atomic E-state index is 11.9. The van der Waals surface area contributed by atoms with Crippen molar-refractivity contribution in [1.82, 2.24) is 9.97 Å². The fourth-order valence-corrected chi connectivity index (χ4v) is 4.52. The van der Waals surface area contributed by atoms with E-state index in [0.717, 1.165) is 28.6 Å². The molecular formula is C17H23N3O3S. The van der Waals surface area contributed by atoms with E-state index in [9.17, 15) is 9.90 Å². The summed E-state index contributed by atoms with van der Waals surface area (Å²) in [5, 5.41) is 14.5. The molecule has 2 heterocycles. The fraction of sp³-hybridized carbons (Fsp3) is 0.588. The van der Waals surface area contributed by atoms with Gasteiger partial charge >= 0.3 is 5.97 Å². The number of aliphatic hydroxyl groups is 1. The molecule has 2 aromatic rings. The van der Waals surface area contributed by atoms with Crippen LogP contribution in [0.2, 0.25) is 0 Å². The van der Waals surface area contributed by atoms with Crippen molar-refractivity contribution in [3.05, 3.63) is 16.3 Å². The highest BCUT2D eigenvalue weighted by atomic mass is 32.1. The Bertz CT molecular complexity index is 753. The Hall–Kier alpha value is -1.73. The number of fused-ring (bicyclic) bond motifs is 1. The molecule has 0 bridgehead atoms. The molecule has 7 heteroatoms. The molecule has 1 fully saturated rings. The number of hydrogen-bond acceptors (Lipinski definition) is 7. The van der Waals surface area contributed by atoms with E-state index < -0.39 is 0 Å². The summed E-state index contributed by atoms with van der Waals surface area (Å²) in [7, 11) is 1.38. The predicted molar refractivity (Wildman–Crippen MR) is 94.7 cm³/mol. The fourth-order valence-electron chi connectivity index (χ4n) is 3.37. The average molecular weight is 349 g/mol. The number of aliphatic hydroxyl groups excluding tert-OH is 1. The molecule has 24 heavy (non-hydrogen) atoms. The lowest BCUT2D eigenvalue weighted by molar-refractivity contribution is 0.0605. The van der Waals surface area contributed by atoms with Gasteiger partial charge in [0.2, 0.25) is 0 Å². The summed E-state index contributed by atoms with van der Waals surface area (Å²) in [5.74, 6) is 1.33. The van der Waals surface area contributed by atoms with Gasteiger partial charge in [-0.05, 0) is 38.2 Å². The van der Waals surface area contributed by atoms with Crippen molar-refractivity contribution in [2.24, 2.45) is 5.92 Å². The summed E-state index contributed by atoms with van der Waals surface area (Å²) in [4.78, 5) is 22.1. The molecule has 1 aliphatic carbocycles. The molecule has 2 N–H and O–H groups in total. The largest absolute Gasteiger partial charge is 0.465 e. The summed E-state index contributed by atoms with van der Waals surface area (Å²) in [6.07, 6.45) is 4.20. The van der Waals surface area contributed by atoms with E-state index >= 15 is 0 Å². The van der Waals surface area contributed by atoms with Gasteiger partial charge in [-0.2, -0.15) is 0 Å². The van der Waals surface area contributed by atoms with Crippen molar-refractivity contribution in [3.8, 4) is 0 Å². The lowest BCUT2D eigenvalue weighted by Crippen LogP contribution is -2.27. The molecule has 3 rings (SSSR count). The summed E-state index contributed by atoms with van der Waals surface area (Å²) in [6.45, 7) is 4.16.